The molecule has 2 aliphatic heterocycles. The Hall–Kier alpha value is -2.57. The summed E-state index contributed by atoms with van der Waals surface area (Å²) in [6, 6.07) is 7.39. The van der Waals surface area contributed by atoms with Gasteiger partial charge in [0, 0.05) is 6.54 Å². The summed E-state index contributed by atoms with van der Waals surface area (Å²) in [6.07, 6.45) is 1.68. The molecule has 2 aliphatic rings. The van der Waals surface area contributed by atoms with Crippen molar-refractivity contribution in [1.29, 1.82) is 0 Å². The number of nitrogens with zero attached hydrogens (tertiary/aromatic N) is 1. The van der Waals surface area contributed by atoms with Crippen molar-refractivity contribution in [1.82, 2.24) is 15.5 Å². The maximum atomic E-state index is 11.9. The number of carbonyl (C=O) groups excluding carboxylic acids is 3. The van der Waals surface area contributed by atoms with Crippen molar-refractivity contribution in [3.8, 4) is 5.75 Å². The van der Waals surface area contributed by atoms with Crippen molar-refractivity contribution in [3.05, 3.63) is 29.8 Å². The quantitative estimate of drug-likeness (QED) is 0.782. The Kier molecular flexibility index (Phi) is 4.45. The van der Waals surface area contributed by atoms with Gasteiger partial charge >= 0.3 is 6.03 Å². The lowest BCUT2D eigenvalue weighted by Crippen LogP contribution is -2.42. The van der Waals surface area contributed by atoms with Gasteiger partial charge in [-0.15, -0.1) is 0 Å². The van der Waals surface area contributed by atoms with E-state index in [9.17, 15) is 14.4 Å². The number of rotatable bonds is 4. The first-order valence-corrected chi connectivity index (χ1v) is 7.69. The summed E-state index contributed by atoms with van der Waals surface area (Å²) in [4.78, 5) is 35.7. The lowest BCUT2D eigenvalue weighted by Gasteiger charge is -2.16. The molecule has 7 nitrogen and oxygen atoms in total. The van der Waals surface area contributed by atoms with Crippen LogP contribution in [0.2, 0.25) is 0 Å². The molecule has 1 saturated heterocycles. The van der Waals surface area contributed by atoms with Crippen LogP contribution in [0.1, 0.15) is 12.0 Å². The van der Waals surface area contributed by atoms with Crippen LogP contribution in [0.15, 0.2) is 24.3 Å². The molecule has 3 rings (SSSR count). The van der Waals surface area contributed by atoms with Crippen molar-refractivity contribution in [2.75, 3.05) is 26.2 Å². The summed E-state index contributed by atoms with van der Waals surface area (Å²) < 4.78 is 5.70. The van der Waals surface area contributed by atoms with Gasteiger partial charge in [-0.25, -0.2) is 4.79 Å². The van der Waals surface area contributed by atoms with Crippen LogP contribution < -0.4 is 15.4 Å². The van der Waals surface area contributed by atoms with Crippen LogP contribution in [0, 0.1) is 5.92 Å². The fourth-order valence-corrected chi connectivity index (χ4v) is 2.81. The summed E-state index contributed by atoms with van der Waals surface area (Å²) in [6.45, 7) is 0.845. The smallest absolute Gasteiger partial charge is 0.325 e. The van der Waals surface area contributed by atoms with Crippen LogP contribution >= 0.6 is 0 Å². The van der Waals surface area contributed by atoms with E-state index < -0.39 is 6.03 Å². The number of urea groups is 1. The fourth-order valence-electron chi connectivity index (χ4n) is 2.81. The molecule has 23 heavy (non-hydrogen) atoms. The summed E-state index contributed by atoms with van der Waals surface area (Å²) in [5, 5.41) is 5.20. The van der Waals surface area contributed by atoms with Gasteiger partial charge in [-0.05, 0) is 30.4 Å². The molecule has 7 heteroatoms. The van der Waals surface area contributed by atoms with Gasteiger partial charge in [0.1, 0.15) is 12.3 Å². The first kappa shape index (κ1) is 15.3. The highest BCUT2D eigenvalue weighted by Crippen LogP contribution is 2.26. The number of imide groups is 1. The molecular weight excluding hydrogens is 298 g/mol. The highest BCUT2D eigenvalue weighted by atomic mass is 16.5. The zero-order valence-corrected chi connectivity index (χ0v) is 12.7. The third-order valence-electron chi connectivity index (χ3n) is 4.09. The molecule has 1 aromatic carbocycles. The molecule has 0 spiro atoms. The van der Waals surface area contributed by atoms with Crippen LogP contribution in [0.5, 0.6) is 5.75 Å². The summed E-state index contributed by atoms with van der Waals surface area (Å²) in [5.41, 5.74) is 1.14. The summed E-state index contributed by atoms with van der Waals surface area (Å²) in [5.74, 6) is 0.474. The van der Waals surface area contributed by atoms with Crippen LogP contribution in [0.25, 0.3) is 0 Å². The molecule has 2 N–H and O–H groups in total. The molecule has 0 bridgehead atoms. The average molecular weight is 317 g/mol. The Bertz CT molecular complexity index is 616. The average Bonchev–Trinajstić information content (AvgIpc) is 2.77. The SMILES string of the molecule is O=C(CN1C(=O)CNC1=O)NC[C@H]1CCOc2ccccc2C1. The highest BCUT2D eigenvalue weighted by Gasteiger charge is 2.30. The molecule has 0 unspecified atom stereocenters. The number of nitrogens with one attached hydrogen (secondary N) is 2. The van der Waals surface area contributed by atoms with E-state index in [0.29, 0.717) is 13.2 Å². The predicted molar refractivity (Wildman–Crippen MR) is 81.9 cm³/mol. The number of para-hydroxylation sites is 1. The van der Waals surface area contributed by atoms with Crippen LogP contribution in [0.4, 0.5) is 4.79 Å². The standard InChI is InChI=1S/C16H19N3O4/c20-14(10-19-15(21)9-18-16(19)22)17-8-11-5-6-23-13-4-2-1-3-12(13)7-11/h1-4,11H,5-10H2,(H,17,20)(H,18,22)/t11-/m0/s1. The van der Waals surface area contributed by atoms with E-state index in [-0.39, 0.29) is 30.8 Å². The van der Waals surface area contributed by atoms with Gasteiger partial charge < -0.3 is 15.4 Å². The Labute approximate surface area is 134 Å². The second kappa shape index (κ2) is 6.68. The van der Waals surface area contributed by atoms with E-state index in [4.69, 9.17) is 4.74 Å². The minimum atomic E-state index is -0.512. The molecular formula is C16H19N3O4. The predicted octanol–water partition coefficient (Wildman–Crippen LogP) is 0.296. The van der Waals surface area contributed by atoms with E-state index in [1.165, 1.54) is 0 Å². The Balaban J connectivity index is 1.51. The van der Waals surface area contributed by atoms with Gasteiger partial charge in [0.05, 0.1) is 13.2 Å². The van der Waals surface area contributed by atoms with Gasteiger partial charge in [-0.1, -0.05) is 18.2 Å². The van der Waals surface area contributed by atoms with Crippen molar-refractivity contribution in [3.63, 3.8) is 0 Å². The van der Waals surface area contributed by atoms with E-state index in [2.05, 4.69) is 10.6 Å². The Morgan fingerprint density at radius 2 is 2.17 bits per heavy atom. The lowest BCUT2D eigenvalue weighted by atomic mass is 9.97. The van der Waals surface area contributed by atoms with Crippen molar-refractivity contribution < 1.29 is 19.1 Å². The maximum Gasteiger partial charge on any atom is 0.325 e. The van der Waals surface area contributed by atoms with E-state index >= 15 is 0 Å². The number of hydrogen-bond donors (Lipinski definition) is 2. The monoisotopic (exact) mass is 317 g/mol. The third-order valence-corrected chi connectivity index (χ3v) is 4.09. The van der Waals surface area contributed by atoms with Gasteiger partial charge in [0.2, 0.25) is 5.91 Å². The molecule has 122 valence electrons. The first-order chi connectivity index (χ1) is 11.1. The zero-order chi connectivity index (χ0) is 16.2. The van der Waals surface area contributed by atoms with E-state index in [0.717, 1.165) is 29.1 Å². The number of hydrogen-bond acceptors (Lipinski definition) is 4. The maximum absolute atomic E-state index is 11.9. The largest absolute Gasteiger partial charge is 0.493 e. The number of carbonyl (C=O) groups is 3. The third kappa shape index (κ3) is 3.61. The lowest BCUT2D eigenvalue weighted by molar-refractivity contribution is -0.130. The molecule has 4 amide bonds. The number of benzene rings is 1. The van der Waals surface area contributed by atoms with Crippen LogP contribution in [-0.2, 0) is 16.0 Å². The fraction of sp³-hybridized carbons (Fsp3) is 0.438. The number of fused-ring (bicyclic) bond motifs is 1. The summed E-state index contributed by atoms with van der Waals surface area (Å²) >= 11 is 0. The Morgan fingerprint density at radius 3 is 2.96 bits per heavy atom. The molecule has 2 heterocycles. The molecule has 0 aromatic heterocycles. The van der Waals surface area contributed by atoms with Crippen LogP contribution in [0.3, 0.4) is 0 Å². The van der Waals surface area contributed by atoms with E-state index in [1.54, 1.807) is 0 Å². The zero-order valence-electron chi connectivity index (χ0n) is 12.7. The molecule has 0 saturated carbocycles. The number of amides is 4. The minimum Gasteiger partial charge on any atom is -0.493 e. The van der Waals surface area contributed by atoms with Gasteiger partial charge in [0.15, 0.2) is 0 Å². The van der Waals surface area contributed by atoms with Crippen molar-refractivity contribution >= 4 is 17.8 Å². The molecule has 0 aliphatic carbocycles. The summed E-state index contributed by atoms with van der Waals surface area (Å²) in [7, 11) is 0. The minimum absolute atomic E-state index is 0.0388. The van der Waals surface area contributed by atoms with Gasteiger partial charge in [-0.3, -0.25) is 14.5 Å². The second-order valence-corrected chi connectivity index (χ2v) is 5.76. The number of ether oxygens (including phenoxy) is 1. The van der Waals surface area contributed by atoms with E-state index in [1.807, 2.05) is 24.3 Å². The van der Waals surface area contributed by atoms with Gasteiger partial charge in [-0.2, -0.15) is 0 Å². The normalized spacial score (nSPS) is 20.3. The molecule has 0 radical (unpaired) electrons. The first-order valence-electron chi connectivity index (χ1n) is 7.69. The molecule has 1 atom stereocenters. The topological polar surface area (TPSA) is 87.7 Å². The molecule has 1 fully saturated rings. The molecule has 1 aromatic rings. The highest BCUT2D eigenvalue weighted by molar-refractivity contribution is 6.04. The van der Waals surface area contributed by atoms with Crippen molar-refractivity contribution in [2.24, 2.45) is 5.92 Å². The van der Waals surface area contributed by atoms with Crippen molar-refractivity contribution in [2.45, 2.75) is 12.8 Å². The Morgan fingerprint density at radius 1 is 1.35 bits per heavy atom. The van der Waals surface area contributed by atoms with Crippen LogP contribution in [-0.4, -0.2) is 49.0 Å². The van der Waals surface area contributed by atoms with Gasteiger partial charge in [0.25, 0.3) is 5.91 Å². The second-order valence-electron chi connectivity index (χ2n) is 5.76.